The average molecular weight is 783 g/mol. The molecule has 0 aromatic carbocycles. The van der Waals surface area contributed by atoms with E-state index >= 15 is 0 Å². The second-order valence-electron chi connectivity index (χ2n) is 20.1. The van der Waals surface area contributed by atoms with Gasteiger partial charge in [0.25, 0.3) is 0 Å². The summed E-state index contributed by atoms with van der Waals surface area (Å²) in [6.07, 6.45) is 10.5. The quantitative estimate of drug-likeness (QED) is 0.212. The predicted octanol–water partition coefficient (Wildman–Crippen LogP) is 8.49. The number of nitrogens with zero attached hydrogens (tertiary/aromatic N) is 6. The van der Waals surface area contributed by atoms with Crippen LogP contribution >= 0.6 is 0 Å². The second kappa shape index (κ2) is 34.5. The highest BCUT2D eigenvalue weighted by atomic mass is 16.5. The van der Waals surface area contributed by atoms with Gasteiger partial charge in [0, 0.05) is 58.9 Å². The molecule has 5 saturated heterocycles. The highest BCUT2D eigenvalue weighted by Gasteiger charge is 2.17. The van der Waals surface area contributed by atoms with E-state index in [0.717, 1.165) is 87.7 Å². The number of rotatable bonds is 12. The molecule has 5 heterocycles. The minimum Gasteiger partial charge on any atom is -0.393 e. The smallest absolute Gasteiger partial charge is 0.0594 e. The van der Waals surface area contributed by atoms with Crippen molar-refractivity contribution < 1.29 is 9.84 Å². The van der Waals surface area contributed by atoms with Crippen molar-refractivity contribution in [2.45, 2.75) is 141 Å². The van der Waals surface area contributed by atoms with Crippen molar-refractivity contribution >= 4 is 0 Å². The van der Waals surface area contributed by atoms with Gasteiger partial charge in [0.15, 0.2) is 0 Å². The first-order valence-corrected chi connectivity index (χ1v) is 23.5. The van der Waals surface area contributed by atoms with Gasteiger partial charge in [-0.05, 0) is 140 Å². The van der Waals surface area contributed by atoms with Crippen LogP contribution < -0.4 is 0 Å². The number of aliphatic hydroxyl groups is 1. The van der Waals surface area contributed by atoms with Crippen molar-refractivity contribution in [3.8, 4) is 0 Å². The number of piperidine rings is 2. The zero-order chi connectivity index (χ0) is 41.6. The Hall–Kier alpha value is -0.320. The fraction of sp³-hybridized carbons (Fsp3) is 1.00. The molecule has 0 bridgehead atoms. The molecule has 55 heavy (non-hydrogen) atoms. The van der Waals surface area contributed by atoms with E-state index in [0.29, 0.717) is 0 Å². The van der Waals surface area contributed by atoms with E-state index in [1.807, 2.05) is 0 Å². The van der Waals surface area contributed by atoms with E-state index in [1.54, 1.807) is 0 Å². The van der Waals surface area contributed by atoms with E-state index in [-0.39, 0.29) is 6.10 Å². The summed E-state index contributed by atoms with van der Waals surface area (Å²) < 4.78 is 5.24. The maximum atomic E-state index is 9.23. The molecule has 1 N–H and O–H groups in total. The van der Waals surface area contributed by atoms with Gasteiger partial charge >= 0.3 is 0 Å². The van der Waals surface area contributed by atoms with E-state index < -0.39 is 0 Å². The fourth-order valence-electron chi connectivity index (χ4n) is 7.87. The molecule has 8 nitrogen and oxygen atoms in total. The van der Waals surface area contributed by atoms with Crippen LogP contribution in [0.4, 0.5) is 0 Å². The van der Waals surface area contributed by atoms with Gasteiger partial charge in [0.1, 0.15) is 0 Å². The Bertz CT molecular complexity index is 763. The topological polar surface area (TPSA) is 48.9 Å². The lowest BCUT2D eigenvalue weighted by Gasteiger charge is -2.31. The average Bonchev–Trinajstić information content (AvgIpc) is 3.58. The van der Waals surface area contributed by atoms with Gasteiger partial charge < -0.3 is 34.3 Å². The van der Waals surface area contributed by atoms with Gasteiger partial charge in [-0.25, -0.2) is 0 Å². The molecular weight excluding hydrogens is 681 g/mol. The van der Waals surface area contributed by atoms with Crippen LogP contribution in [0.1, 0.15) is 134 Å². The summed E-state index contributed by atoms with van der Waals surface area (Å²) in [4.78, 5) is 14.8. The first kappa shape index (κ1) is 54.7. The lowest BCUT2D eigenvalue weighted by Crippen LogP contribution is -2.39. The summed E-state index contributed by atoms with van der Waals surface area (Å²) >= 11 is 0. The lowest BCUT2D eigenvalue weighted by atomic mass is 10.1. The number of aliphatic hydroxyl groups excluding tert-OH is 1. The minimum absolute atomic E-state index is 0.0292. The normalized spacial score (nSPS) is 20.6. The van der Waals surface area contributed by atoms with Gasteiger partial charge in [-0.1, -0.05) is 89.5 Å². The summed E-state index contributed by atoms with van der Waals surface area (Å²) in [5, 5.41) is 9.23. The Morgan fingerprint density at radius 2 is 0.709 bits per heavy atom. The van der Waals surface area contributed by atoms with Crippen molar-refractivity contribution in [1.29, 1.82) is 0 Å². The van der Waals surface area contributed by atoms with Crippen molar-refractivity contribution in [3.05, 3.63) is 0 Å². The Morgan fingerprint density at radius 1 is 0.418 bits per heavy atom. The maximum Gasteiger partial charge on any atom is 0.0594 e. The third-order valence-electron chi connectivity index (χ3n) is 10.1. The van der Waals surface area contributed by atoms with Crippen molar-refractivity contribution in [1.82, 2.24) is 29.4 Å². The third kappa shape index (κ3) is 36.5. The summed E-state index contributed by atoms with van der Waals surface area (Å²) in [6.45, 7) is 49.0. The summed E-state index contributed by atoms with van der Waals surface area (Å²) in [5.41, 5.74) is 0. The van der Waals surface area contributed by atoms with Crippen molar-refractivity contribution in [3.63, 3.8) is 0 Å². The molecule has 5 aliphatic heterocycles. The van der Waals surface area contributed by atoms with Crippen LogP contribution in [0, 0.1) is 35.5 Å². The summed E-state index contributed by atoms with van der Waals surface area (Å²) in [7, 11) is 4.19. The molecule has 0 radical (unpaired) electrons. The van der Waals surface area contributed by atoms with Gasteiger partial charge in [-0.2, -0.15) is 0 Å². The van der Waals surface area contributed by atoms with E-state index in [1.165, 1.54) is 117 Å². The number of hydrogen-bond acceptors (Lipinski definition) is 8. The lowest BCUT2D eigenvalue weighted by molar-refractivity contribution is 0.0329. The monoisotopic (exact) mass is 783 g/mol. The first-order valence-electron chi connectivity index (χ1n) is 23.5. The van der Waals surface area contributed by atoms with Crippen molar-refractivity contribution in [2.24, 2.45) is 35.5 Å². The zero-order valence-electron chi connectivity index (χ0n) is 40.0. The van der Waals surface area contributed by atoms with Crippen LogP contribution in [0.5, 0.6) is 0 Å². The van der Waals surface area contributed by atoms with Gasteiger partial charge in [0.05, 0.1) is 19.3 Å². The maximum absolute atomic E-state index is 9.23. The number of morpholine rings is 1. The Balaban J connectivity index is 0.000000640. The molecule has 332 valence electrons. The van der Waals surface area contributed by atoms with Crippen LogP contribution in [-0.4, -0.2) is 173 Å². The number of likely N-dealkylation sites (tertiary alicyclic amines) is 4. The number of ether oxygens (including phenoxy) is 1. The minimum atomic E-state index is -0.0292. The molecule has 8 heteroatoms. The Labute approximate surface area is 346 Å². The molecular formula is C47H102N6O2. The Kier molecular flexibility index (Phi) is 34.3. The van der Waals surface area contributed by atoms with E-state index in [4.69, 9.17) is 4.74 Å². The van der Waals surface area contributed by atoms with Crippen LogP contribution in [0.3, 0.4) is 0 Å². The molecule has 5 rings (SSSR count). The second-order valence-corrected chi connectivity index (χ2v) is 20.1. The predicted molar refractivity (Wildman–Crippen MR) is 244 cm³/mol. The molecule has 0 atom stereocenters. The van der Waals surface area contributed by atoms with Gasteiger partial charge in [-0.15, -0.1) is 0 Å². The fourth-order valence-corrected chi connectivity index (χ4v) is 7.87. The third-order valence-corrected chi connectivity index (χ3v) is 10.1. The van der Waals surface area contributed by atoms with Gasteiger partial charge in [-0.3, -0.25) is 4.90 Å². The largest absolute Gasteiger partial charge is 0.393 e. The molecule has 0 unspecified atom stereocenters. The highest BCUT2D eigenvalue weighted by molar-refractivity contribution is 4.72. The molecule has 0 aliphatic carbocycles. The molecule has 5 fully saturated rings. The molecule has 5 aliphatic rings. The van der Waals surface area contributed by atoms with E-state index in [9.17, 15) is 5.11 Å². The van der Waals surface area contributed by atoms with Crippen molar-refractivity contribution in [2.75, 3.05) is 132 Å². The first-order chi connectivity index (χ1) is 26.0. The van der Waals surface area contributed by atoms with E-state index in [2.05, 4.69) is 127 Å². The molecule has 0 aromatic rings. The molecule has 0 amide bonds. The SMILES string of the molecule is CC(C)CN(C)C.CC(C)CN1CCC(O)CC1.CC(C)CN1CCC1.CC(C)CN1CCCC1.CC(C)CN1CCCCC1.CC(C)CN1CCOCC1. The number of hydrogen-bond donors (Lipinski definition) is 1. The Morgan fingerprint density at radius 3 is 0.964 bits per heavy atom. The standard InChI is InChI=1S/C9H19NO.C9H19N.C8H17NO.C8H17N.C7H15N.C6H15N/c1-8(2)7-10-5-3-9(11)4-6-10;1-9(2)8-10-6-4-3-5-7-10;1-8(2)7-9-3-5-10-6-4-9;1-8(2)7-9-5-3-4-6-9;1-7(2)6-8-4-3-5-8;1-6(2)5-7(3)4/h8-9,11H,3-7H2,1-2H3;9H,3-8H2,1-2H3;8H,3-7H2,1-2H3;8H,3-7H2,1-2H3;7H,3-6H2,1-2H3;6H,5H2,1-4H3. The van der Waals surface area contributed by atoms with Crippen LogP contribution in [0.15, 0.2) is 0 Å². The molecule has 0 spiro atoms. The summed E-state index contributed by atoms with van der Waals surface area (Å²) in [6, 6.07) is 0. The van der Waals surface area contributed by atoms with Crippen LogP contribution in [-0.2, 0) is 4.74 Å². The summed E-state index contributed by atoms with van der Waals surface area (Å²) in [5.74, 6) is 4.90. The zero-order valence-corrected chi connectivity index (χ0v) is 40.0. The van der Waals surface area contributed by atoms with Crippen LogP contribution in [0.2, 0.25) is 0 Å². The van der Waals surface area contributed by atoms with Gasteiger partial charge in [0.2, 0.25) is 0 Å². The highest BCUT2D eigenvalue weighted by Crippen LogP contribution is 2.12. The van der Waals surface area contributed by atoms with Crippen LogP contribution in [0.25, 0.3) is 0 Å². The molecule has 0 aromatic heterocycles. The molecule has 0 saturated carbocycles.